The van der Waals surface area contributed by atoms with E-state index in [4.69, 9.17) is 0 Å². The lowest BCUT2D eigenvalue weighted by Crippen LogP contribution is -2.23. The first kappa shape index (κ1) is 13.1. The van der Waals surface area contributed by atoms with E-state index in [-0.39, 0.29) is 5.91 Å². The van der Waals surface area contributed by atoms with Crippen LogP contribution in [0.4, 0.5) is 5.82 Å². The van der Waals surface area contributed by atoms with E-state index in [0.29, 0.717) is 12.1 Å². The third kappa shape index (κ3) is 3.55. The molecule has 0 aliphatic heterocycles. The second-order valence-corrected chi connectivity index (χ2v) is 4.47. The topological polar surface area (TPSA) is 45.2 Å². The summed E-state index contributed by atoms with van der Waals surface area (Å²) in [4.78, 5) is 18.0. The summed E-state index contributed by atoms with van der Waals surface area (Å²) in [7, 11) is 3.83. The standard InChI is InChI=1S/C15H17N3O/c1-18(2)14-9-8-13(11-16-14)15(19)17-10-12-6-4-3-5-7-12/h3-9,11H,10H2,1-2H3,(H,17,19). The number of aromatic nitrogens is 1. The Labute approximate surface area is 113 Å². The summed E-state index contributed by atoms with van der Waals surface area (Å²) in [5.74, 6) is 0.723. The smallest absolute Gasteiger partial charge is 0.253 e. The number of anilines is 1. The van der Waals surface area contributed by atoms with Gasteiger partial charge in [-0.05, 0) is 17.7 Å². The Morgan fingerprint density at radius 1 is 1.16 bits per heavy atom. The molecule has 0 saturated carbocycles. The van der Waals surface area contributed by atoms with Gasteiger partial charge < -0.3 is 10.2 Å². The van der Waals surface area contributed by atoms with Gasteiger partial charge in [0.25, 0.3) is 5.91 Å². The van der Waals surface area contributed by atoms with E-state index in [1.54, 1.807) is 12.3 Å². The lowest BCUT2D eigenvalue weighted by atomic mass is 10.2. The second kappa shape index (κ2) is 6.00. The third-order valence-corrected chi connectivity index (χ3v) is 2.76. The molecule has 0 saturated heterocycles. The molecule has 1 aromatic heterocycles. The summed E-state index contributed by atoms with van der Waals surface area (Å²) in [6.45, 7) is 0.523. The van der Waals surface area contributed by atoms with Gasteiger partial charge in [0.1, 0.15) is 5.82 Å². The monoisotopic (exact) mass is 255 g/mol. The van der Waals surface area contributed by atoms with Gasteiger partial charge in [-0.1, -0.05) is 30.3 Å². The molecule has 0 unspecified atom stereocenters. The number of carbonyl (C=O) groups is 1. The van der Waals surface area contributed by atoms with E-state index in [1.165, 1.54) is 0 Å². The van der Waals surface area contributed by atoms with Crippen LogP contribution in [0.1, 0.15) is 15.9 Å². The van der Waals surface area contributed by atoms with Crippen LogP contribution in [0.2, 0.25) is 0 Å². The average molecular weight is 255 g/mol. The van der Waals surface area contributed by atoms with Gasteiger partial charge in [-0.25, -0.2) is 4.98 Å². The Morgan fingerprint density at radius 2 is 1.89 bits per heavy atom. The Balaban J connectivity index is 1.96. The first-order chi connectivity index (χ1) is 9.16. The molecule has 98 valence electrons. The molecule has 4 heteroatoms. The minimum absolute atomic E-state index is 0.110. The Kier molecular flexibility index (Phi) is 4.13. The van der Waals surface area contributed by atoms with Gasteiger partial charge >= 0.3 is 0 Å². The van der Waals surface area contributed by atoms with E-state index in [2.05, 4.69) is 10.3 Å². The van der Waals surface area contributed by atoms with Crippen LogP contribution in [0.15, 0.2) is 48.7 Å². The first-order valence-corrected chi connectivity index (χ1v) is 6.12. The number of rotatable bonds is 4. The van der Waals surface area contributed by atoms with Crippen molar-refractivity contribution in [2.75, 3.05) is 19.0 Å². The van der Waals surface area contributed by atoms with Crippen molar-refractivity contribution in [2.45, 2.75) is 6.54 Å². The molecule has 0 atom stereocenters. The molecule has 19 heavy (non-hydrogen) atoms. The Hall–Kier alpha value is -2.36. The molecular weight excluding hydrogens is 238 g/mol. The van der Waals surface area contributed by atoms with Crippen LogP contribution in [-0.2, 0) is 6.54 Å². The molecule has 1 aromatic carbocycles. The van der Waals surface area contributed by atoms with Gasteiger partial charge in [-0.15, -0.1) is 0 Å². The van der Waals surface area contributed by atoms with Crippen molar-refractivity contribution in [2.24, 2.45) is 0 Å². The predicted octanol–water partition coefficient (Wildman–Crippen LogP) is 2.08. The van der Waals surface area contributed by atoms with Crippen LogP contribution in [-0.4, -0.2) is 25.0 Å². The minimum atomic E-state index is -0.110. The largest absolute Gasteiger partial charge is 0.363 e. The number of nitrogens with one attached hydrogen (secondary N) is 1. The average Bonchev–Trinajstić information content (AvgIpc) is 2.46. The van der Waals surface area contributed by atoms with Crippen molar-refractivity contribution in [3.8, 4) is 0 Å². The summed E-state index contributed by atoms with van der Waals surface area (Å²) in [5.41, 5.74) is 1.65. The lowest BCUT2D eigenvalue weighted by Gasteiger charge is -2.11. The molecule has 0 radical (unpaired) electrons. The molecule has 0 aliphatic rings. The molecular formula is C15H17N3O. The number of pyridine rings is 1. The highest BCUT2D eigenvalue weighted by Gasteiger charge is 2.06. The van der Waals surface area contributed by atoms with Crippen molar-refractivity contribution in [3.63, 3.8) is 0 Å². The number of hydrogen-bond acceptors (Lipinski definition) is 3. The Morgan fingerprint density at radius 3 is 2.47 bits per heavy atom. The fraction of sp³-hybridized carbons (Fsp3) is 0.200. The van der Waals surface area contributed by atoms with Gasteiger partial charge in [0.15, 0.2) is 0 Å². The van der Waals surface area contributed by atoms with Crippen molar-refractivity contribution in [3.05, 3.63) is 59.8 Å². The van der Waals surface area contributed by atoms with Crippen LogP contribution >= 0.6 is 0 Å². The molecule has 4 nitrogen and oxygen atoms in total. The molecule has 1 N–H and O–H groups in total. The van der Waals surface area contributed by atoms with Gasteiger partial charge in [0.05, 0.1) is 5.56 Å². The van der Waals surface area contributed by atoms with Crippen LogP contribution in [0.5, 0.6) is 0 Å². The molecule has 0 spiro atoms. The minimum Gasteiger partial charge on any atom is -0.363 e. The number of carbonyl (C=O) groups excluding carboxylic acids is 1. The predicted molar refractivity (Wildman–Crippen MR) is 76.2 cm³/mol. The van der Waals surface area contributed by atoms with Crippen LogP contribution < -0.4 is 10.2 Å². The molecule has 2 aromatic rings. The highest BCUT2D eigenvalue weighted by Crippen LogP contribution is 2.08. The maximum absolute atomic E-state index is 11.9. The molecule has 0 fully saturated rings. The van der Waals surface area contributed by atoms with Gasteiger partial charge in [0.2, 0.25) is 0 Å². The number of nitrogens with zero attached hydrogens (tertiary/aromatic N) is 2. The van der Waals surface area contributed by atoms with E-state index in [9.17, 15) is 4.79 Å². The van der Waals surface area contributed by atoms with Gasteiger partial charge in [-0.3, -0.25) is 4.79 Å². The van der Waals surface area contributed by atoms with E-state index >= 15 is 0 Å². The highest BCUT2D eigenvalue weighted by atomic mass is 16.1. The zero-order valence-corrected chi connectivity index (χ0v) is 11.1. The summed E-state index contributed by atoms with van der Waals surface area (Å²) in [5, 5.41) is 2.87. The van der Waals surface area contributed by atoms with Crippen LogP contribution in [0, 0.1) is 0 Å². The summed E-state index contributed by atoms with van der Waals surface area (Å²) in [6.07, 6.45) is 1.59. The highest BCUT2D eigenvalue weighted by molar-refractivity contribution is 5.94. The maximum Gasteiger partial charge on any atom is 0.253 e. The van der Waals surface area contributed by atoms with Gasteiger partial charge in [0, 0.05) is 26.8 Å². The number of hydrogen-bond donors (Lipinski definition) is 1. The summed E-state index contributed by atoms with van der Waals surface area (Å²) >= 11 is 0. The molecule has 1 heterocycles. The Bertz CT molecular complexity index is 535. The number of amides is 1. The molecule has 2 rings (SSSR count). The fourth-order valence-electron chi connectivity index (χ4n) is 1.67. The quantitative estimate of drug-likeness (QED) is 0.909. The van der Waals surface area contributed by atoms with Crippen molar-refractivity contribution in [1.29, 1.82) is 0 Å². The number of benzene rings is 1. The van der Waals surface area contributed by atoms with Crippen molar-refractivity contribution >= 4 is 11.7 Å². The first-order valence-electron chi connectivity index (χ1n) is 6.12. The molecule has 0 bridgehead atoms. The third-order valence-electron chi connectivity index (χ3n) is 2.76. The van der Waals surface area contributed by atoms with Crippen LogP contribution in [0.25, 0.3) is 0 Å². The lowest BCUT2D eigenvalue weighted by molar-refractivity contribution is 0.0950. The zero-order valence-electron chi connectivity index (χ0n) is 11.1. The van der Waals surface area contributed by atoms with Crippen molar-refractivity contribution < 1.29 is 4.79 Å². The molecule has 1 amide bonds. The normalized spacial score (nSPS) is 10.0. The fourth-order valence-corrected chi connectivity index (χ4v) is 1.67. The zero-order chi connectivity index (χ0) is 13.7. The van der Waals surface area contributed by atoms with E-state index in [0.717, 1.165) is 11.4 Å². The second-order valence-electron chi connectivity index (χ2n) is 4.47. The maximum atomic E-state index is 11.9. The molecule has 0 aliphatic carbocycles. The van der Waals surface area contributed by atoms with E-state index < -0.39 is 0 Å². The SMILES string of the molecule is CN(C)c1ccc(C(=O)NCc2ccccc2)cn1. The van der Waals surface area contributed by atoms with Crippen molar-refractivity contribution in [1.82, 2.24) is 10.3 Å². The summed E-state index contributed by atoms with van der Waals surface area (Å²) < 4.78 is 0. The van der Waals surface area contributed by atoms with Gasteiger partial charge in [-0.2, -0.15) is 0 Å². The van der Waals surface area contributed by atoms with E-state index in [1.807, 2.05) is 55.4 Å². The summed E-state index contributed by atoms with van der Waals surface area (Å²) in [6, 6.07) is 13.4. The van der Waals surface area contributed by atoms with Crippen LogP contribution in [0.3, 0.4) is 0 Å².